The van der Waals surface area contributed by atoms with Crippen LogP contribution in [-0.4, -0.2) is 33.1 Å². The Kier molecular flexibility index (Phi) is 13.8. The Morgan fingerprint density at radius 2 is 1.15 bits per heavy atom. The van der Waals surface area contributed by atoms with Gasteiger partial charge in [0, 0.05) is 22.2 Å². The van der Waals surface area contributed by atoms with Crippen LogP contribution in [0.25, 0.3) is 68.6 Å². The van der Waals surface area contributed by atoms with Crippen molar-refractivity contribution < 1.29 is 9.47 Å². The number of halogens is 1. The molecule has 0 saturated heterocycles. The minimum absolute atomic E-state index is 0. The standard InChI is InChI=1S/C47H52N4O2.ClH/c1-3-5-6-7-8-9-10-11-12-16-30-52-40-25-19-35(20-26-40)45-41-27-23-37(49-41)31-36-21-22-38(48-36)33-44-47(53-29-4-2)46(34-17-14-13-15-18-34)43(51-44)32-39-24-28-42(45)50-39;/h13-15,17-28,31-33,49,51H,3-12,16,29-30H2,1-2H3;1H. The average molecular weight is 741 g/mol. The van der Waals surface area contributed by atoms with Gasteiger partial charge in [-0.05, 0) is 90.7 Å². The Morgan fingerprint density at radius 3 is 1.89 bits per heavy atom. The molecule has 2 N–H and O–H groups in total. The van der Waals surface area contributed by atoms with E-state index in [1.165, 1.54) is 57.8 Å². The van der Waals surface area contributed by atoms with Crippen molar-refractivity contribution in [2.75, 3.05) is 13.2 Å². The normalized spacial score (nSPS) is 11.8. The van der Waals surface area contributed by atoms with Crippen molar-refractivity contribution in [1.29, 1.82) is 0 Å². The van der Waals surface area contributed by atoms with Gasteiger partial charge in [0.05, 0.1) is 47.0 Å². The zero-order valence-corrected chi connectivity index (χ0v) is 32.5. The van der Waals surface area contributed by atoms with Crippen molar-refractivity contribution in [2.24, 2.45) is 0 Å². The van der Waals surface area contributed by atoms with E-state index in [-0.39, 0.29) is 12.4 Å². The van der Waals surface area contributed by atoms with Crippen LogP contribution in [0.4, 0.5) is 0 Å². The SMILES string of the molecule is CCCCCCCCCCCCOc1ccc(-c2c3nc(cc4[nH]c(cc5nc(cc6ccc2[nH]6)C=C5)c(OCCC)c4-c2ccccc2)C=C3)cc1.Cl. The molecule has 0 atom stereocenters. The molecule has 280 valence electrons. The molecule has 0 saturated carbocycles. The Labute approximate surface area is 326 Å². The highest BCUT2D eigenvalue weighted by molar-refractivity contribution is 5.96. The number of aromatic amines is 2. The molecule has 0 radical (unpaired) electrons. The molecule has 7 rings (SSSR count). The van der Waals surface area contributed by atoms with Crippen molar-refractivity contribution in [3.05, 3.63) is 108 Å². The molecule has 0 unspecified atom stereocenters. The Morgan fingerprint density at radius 1 is 0.500 bits per heavy atom. The molecule has 2 aliphatic rings. The first-order valence-electron chi connectivity index (χ1n) is 19.7. The summed E-state index contributed by atoms with van der Waals surface area (Å²) >= 11 is 0. The second kappa shape index (κ2) is 19.3. The molecule has 8 bridgehead atoms. The van der Waals surface area contributed by atoms with Crippen molar-refractivity contribution in [3.8, 4) is 33.8 Å². The summed E-state index contributed by atoms with van der Waals surface area (Å²) in [5.41, 5.74) is 11.5. The van der Waals surface area contributed by atoms with Crippen molar-refractivity contribution >= 4 is 58.8 Å². The van der Waals surface area contributed by atoms with Crippen molar-refractivity contribution in [1.82, 2.24) is 19.9 Å². The number of hydrogen-bond acceptors (Lipinski definition) is 4. The fourth-order valence-electron chi connectivity index (χ4n) is 7.17. The van der Waals surface area contributed by atoms with E-state index in [0.29, 0.717) is 6.61 Å². The summed E-state index contributed by atoms with van der Waals surface area (Å²) in [6, 6.07) is 29.4. The Bertz CT molecular complexity index is 2200. The molecule has 2 aliphatic heterocycles. The van der Waals surface area contributed by atoms with E-state index in [1.54, 1.807) is 0 Å². The zero-order valence-electron chi connectivity index (χ0n) is 31.7. The second-order valence-electron chi connectivity index (χ2n) is 14.1. The number of fused-ring (bicyclic) bond motifs is 8. The lowest BCUT2D eigenvalue weighted by molar-refractivity contribution is 0.304. The monoisotopic (exact) mass is 740 g/mol. The van der Waals surface area contributed by atoms with E-state index in [4.69, 9.17) is 19.4 Å². The molecule has 0 spiro atoms. The zero-order chi connectivity index (χ0) is 36.2. The Hall–Kier alpha value is -5.07. The first kappa shape index (κ1) is 38.6. The third kappa shape index (κ3) is 9.72. The van der Waals surface area contributed by atoms with Crippen LogP contribution in [0.5, 0.6) is 11.5 Å². The molecule has 3 aromatic heterocycles. The highest BCUT2D eigenvalue weighted by atomic mass is 35.5. The summed E-state index contributed by atoms with van der Waals surface area (Å²) < 4.78 is 12.6. The van der Waals surface area contributed by atoms with Gasteiger partial charge < -0.3 is 19.4 Å². The highest BCUT2D eigenvalue weighted by Gasteiger charge is 2.17. The summed E-state index contributed by atoms with van der Waals surface area (Å²) in [6.45, 7) is 5.76. The fraction of sp³-hybridized carbons (Fsp3) is 0.319. The number of unbranched alkanes of at least 4 members (excludes halogenated alkanes) is 9. The van der Waals surface area contributed by atoms with E-state index in [2.05, 4.69) is 121 Å². The fourth-order valence-corrected chi connectivity index (χ4v) is 7.17. The van der Waals surface area contributed by atoms with Crippen LogP contribution < -0.4 is 9.47 Å². The molecule has 2 aromatic carbocycles. The molecule has 54 heavy (non-hydrogen) atoms. The lowest BCUT2D eigenvalue weighted by Crippen LogP contribution is -1.97. The van der Waals surface area contributed by atoms with E-state index in [0.717, 1.165) is 98.0 Å². The van der Waals surface area contributed by atoms with Crippen LogP contribution >= 0.6 is 12.4 Å². The molecule has 6 nitrogen and oxygen atoms in total. The van der Waals surface area contributed by atoms with E-state index < -0.39 is 0 Å². The molecular weight excluding hydrogens is 688 g/mol. The predicted octanol–water partition coefficient (Wildman–Crippen LogP) is 13.5. The number of nitrogens with zero attached hydrogens (tertiary/aromatic N) is 2. The number of nitrogens with one attached hydrogen (secondary N) is 2. The van der Waals surface area contributed by atoms with Gasteiger partial charge in [0.15, 0.2) is 5.75 Å². The second-order valence-corrected chi connectivity index (χ2v) is 14.1. The maximum Gasteiger partial charge on any atom is 0.152 e. The number of ether oxygens (including phenoxy) is 2. The van der Waals surface area contributed by atoms with Crippen molar-refractivity contribution in [2.45, 2.75) is 84.5 Å². The van der Waals surface area contributed by atoms with Gasteiger partial charge in [0.2, 0.25) is 0 Å². The number of benzene rings is 2. The van der Waals surface area contributed by atoms with Gasteiger partial charge in [-0.1, -0.05) is 114 Å². The summed E-state index contributed by atoms with van der Waals surface area (Å²) in [4.78, 5) is 17.5. The van der Waals surface area contributed by atoms with Crippen LogP contribution in [0.2, 0.25) is 0 Å². The van der Waals surface area contributed by atoms with Gasteiger partial charge in [0.1, 0.15) is 5.75 Å². The maximum absolute atomic E-state index is 6.46. The minimum atomic E-state index is 0. The summed E-state index contributed by atoms with van der Waals surface area (Å²) in [6.07, 6.45) is 22.4. The molecule has 5 heterocycles. The number of H-pyrrole nitrogens is 2. The van der Waals surface area contributed by atoms with E-state index >= 15 is 0 Å². The first-order valence-corrected chi connectivity index (χ1v) is 19.7. The van der Waals surface area contributed by atoms with Crippen molar-refractivity contribution in [3.63, 3.8) is 0 Å². The van der Waals surface area contributed by atoms with Gasteiger partial charge in [-0.3, -0.25) is 0 Å². The average Bonchev–Trinajstić information content (AvgIpc) is 4.00. The smallest absolute Gasteiger partial charge is 0.152 e. The van der Waals surface area contributed by atoms with Crippen LogP contribution in [0.15, 0.2) is 84.9 Å². The van der Waals surface area contributed by atoms with Gasteiger partial charge in [0.25, 0.3) is 0 Å². The number of aromatic nitrogens is 4. The summed E-state index contributed by atoms with van der Waals surface area (Å²) in [5.74, 6) is 1.72. The summed E-state index contributed by atoms with van der Waals surface area (Å²) in [5, 5.41) is 0. The Balaban J connectivity index is 0.00000497. The molecule has 7 heteroatoms. The topological polar surface area (TPSA) is 75.8 Å². The third-order valence-electron chi connectivity index (χ3n) is 9.90. The minimum Gasteiger partial charge on any atom is -0.494 e. The molecule has 0 amide bonds. The number of rotatable bonds is 17. The van der Waals surface area contributed by atoms with E-state index in [1.807, 2.05) is 12.1 Å². The largest absolute Gasteiger partial charge is 0.494 e. The molecular formula is C47H53ClN4O2. The quantitative estimate of drug-likeness (QED) is 0.0912. The third-order valence-corrected chi connectivity index (χ3v) is 9.90. The number of hydrogen-bond donors (Lipinski definition) is 2. The molecule has 0 fully saturated rings. The maximum atomic E-state index is 6.46. The lowest BCUT2D eigenvalue weighted by Gasteiger charge is -2.08. The van der Waals surface area contributed by atoms with Gasteiger partial charge >= 0.3 is 0 Å². The predicted molar refractivity (Wildman–Crippen MR) is 230 cm³/mol. The van der Waals surface area contributed by atoms with E-state index in [9.17, 15) is 0 Å². The first-order chi connectivity index (χ1) is 26.2. The van der Waals surface area contributed by atoms with Gasteiger partial charge in [-0.25, -0.2) is 9.97 Å². The van der Waals surface area contributed by atoms with Gasteiger partial charge in [-0.2, -0.15) is 0 Å². The molecule has 0 aliphatic carbocycles. The van der Waals surface area contributed by atoms with Crippen LogP contribution in [0, 0.1) is 0 Å². The van der Waals surface area contributed by atoms with Gasteiger partial charge in [-0.15, -0.1) is 12.4 Å². The molecule has 5 aromatic rings. The van der Waals surface area contributed by atoms with Crippen LogP contribution in [0.3, 0.4) is 0 Å². The highest BCUT2D eigenvalue weighted by Crippen LogP contribution is 2.39. The van der Waals surface area contributed by atoms with Crippen LogP contribution in [0.1, 0.15) is 107 Å². The summed E-state index contributed by atoms with van der Waals surface area (Å²) in [7, 11) is 0. The van der Waals surface area contributed by atoms with Crippen LogP contribution in [-0.2, 0) is 0 Å². The lowest BCUT2D eigenvalue weighted by atomic mass is 10.0.